The summed E-state index contributed by atoms with van der Waals surface area (Å²) >= 11 is 3.59. The molecule has 0 fully saturated rings. The van der Waals surface area contributed by atoms with E-state index in [4.69, 9.17) is 0 Å². The lowest BCUT2D eigenvalue weighted by molar-refractivity contribution is 0.432. The maximum absolute atomic E-state index is 3.64. The second-order valence-electron chi connectivity index (χ2n) is 3.92. The molecule has 0 unspecified atom stereocenters. The van der Waals surface area contributed by atoms with Crippen molar-refractivity contribution in [1.29, 1.82) is 0 Å². The normalized spacial score (nSPS) is 13.1. The Morgan fingerprint density at radius 3 is 2.33 bits per heavy atom. The van der Waals surface area contributed by atoms with Gasteiger partial charge in [0.2, 0.25) is 0 Å². The molecule has 1 aromatic carbocycles. The number of hydrogen-bond donors (Lipinski definition) is 1. The lowest BCUT2D eigenvalue weighted by Gasteiger charge is -2.22. The lowest BCUT2D eigenvalue weighted by atomic mass is 10.1. The predicted molar refractivity (Wildman–Crippen MR) is 70.1 cm³/mol. The second-order valence-corrected chi connectivity index (χ2v) is 4.78. The molecule has 0 spiro atoms. The van der Waals surface area contributed by atoms with Gasteiger partial charge in [-0.25, -0.2) is 0 Å². The topological polar surface area (TPSA) is 12.0 Å². The van der Waals surface area contributed by atoms with Gasteiger partial charge in [0.1, 0.15) is 0 Å². The van der Waals surface area contributed by atoms with E-state index in [1.165, 1.54) is 22.9 Å². The predicted octanol–water partition coefficient (Wildman–Crippen LogP) is 4.29. The van der Waals surface area contributed by atoms with Gasteiger partial charge in [-0.15, -0.1) is 0 Å². The zero-order valence-electron chi connectivity index (χ0n) is 9.76. The zero-order chi connectivity index (χ0) is 11.3. The third kappa shape index (κ3) is 3.62. The van der Waals surface area contributed by atoms with Crippen molar-refractivity contribution >= 4 is 15.9 Å². The standard InChI is InChI=1S/C13H20BrN/c1-4-11(5-2)15-10(3)12-8-6-7-9-13(12)14/h6-11,15H,4-5H2,1-3H3/t10-/m0/s1. The number of benzene rings is 1. The second kappa shape index (κ2) is 6.29. The van der Waals surface area contributed by atoms with E-state index in [1.54, 1.807) is 0 Å². The molecule has 1 aromatic rings. The average Bonchev–Trinajstić information content (AvgIpc) is 2.26. The summed E-state index contributed by atoms with van der Waals surface area (Å²) in [4.78, 5) is 0. The molecule has 0 heterocycles. The van der Waals surface area contributed by atoms with Crippen molar-refractivity contribution in [2.24, 2.45) is 0 Å². The highest BCUT2D eigenvalue weighted by molar-refractivity contribution is 9.10. The SMILES string of the molecule is CCC(CC)N[C@@H](C)c1ccccc1Br. The molecule has 0 bridgehead atoms. The summed E-state index contributed by atoms with van der Waals surface area (Å²) in [5.41, 5.74) is 1.34. The molecule has 0 saturated carbocycles. The summed E-state index contributed by atoms with van der Waals surface area (Å²) in [5, 5.41) is 3.64. The number of rotatable bonds is 5. The molecule has 84 valence electrons. The lowest BCUT2D eigenvalue weighted by Crippen LogP contribution is -2.30. The molecule has 0 saturated heterocycles. The maximum Gasteiger partial charge on any atom is 0.0305 e. The largest absolute Gasteiger partial charge is 0.307 e. The quantitative estimate of drug-likeness (QED) is 0.841. The highest BCUT2D eigenvalue weighted by Gasteiger charge is 2.11. The maximum atomic E-state index is 3.64. The third-order valence-electron chi connectivity index (χ3n) is 2.84. The fourth-order valence-electron chi connectivity index (χ4n) is 1.79. The van der Waals surface area contributed by atoms with Crippen molar-refractivity contribution in [2.75, 3.05) is 0 Å². The van der Waals surface area contributed by atoms with E-state index in [-0.39, 0.29) is 0 Å². The molecule has 1 rings (SSSR count). The van der Waals surface area contributed by atoms with Crippen LogP contribution in [0.1, 0.15) is 45.2 Å². The Morgan fingerprint density at radius 2 is 1.80 bits per heavy atom. The van der Waals surface area contributed by atoms with Gasteiger partial charge >= 0.3 is 0 Å². The molecule has 15 heavy (non-hydrogen) atoms. The van der Waals surface area contributed by atoms with Gasteiger partial charge in [0.25, 0.3) is 0 Å². The molecule has 0 aromatic heterocycles. The molecule has 1 nitrogen and oxygen atoms in total. The minimum atomic E-state index is 0.408. The van der Waals surface area contributed by atoms with Gasteiger partial charge in [0, 0.05) is 16.6 Å². The first kappa shape index (κ1) is 12.7. The molecule has 0 aliphatic rings. The van der Waals surface area contributed by atoms with Gasteiger partial charge in [0.15, 0.2) is 0 Å². The Labute approximate surface area is 101 Å². The van der Waals surface area contributed by atoms with Crippen LogP contribution in [-0.2, 0) is 0 Å². The zero-order valence-corrected chi connectivity index (χ0v) is 11.3. The molecule has 0 radical (unpaired) electrons. The summed E-state index contributed by atoms with van der Waals surface area (Å²) in [7, 11) is 0. The van der Waals surface area contributed by atoms with Gasteiger partial charge in [-0.2, -0.15) is 0 Å². The molecule has 1 N–H and O–H groups in total. The Balaban J connectivity index is 2.68. The monoisotopic (exact) mass is 269 g/mol. The summed E-state index contributed by atoms with van der Waals surface area (Å²) < 4.78 is 1.19. The van der Waals surface area contributed by atoms with E-state index in [0.29, 0.717) is 12.1 Å². The van der Waals surface area contributed by atoms with E-state index in [9.17, 15) is 0 Å². The van der Waals surface area contributed by atoms with Crippen molar-refractivity contribution in [2.45, 2.75) is 45.7 Å². The van der Waals surface area contributed by atoms with Gasteiger partial charge in [-0.05, 0) is 31.4 Å². The van der Waals surface area contributed by atoms with E-state index in [2.05, 4.69) is 66.3 Å². The first-order valence-corrected chi connectivity index (χ1v) is 6.48. The van der Waals surface area contributed by atoms with Crippen LogP contribution in [0.3, 0.4) is 0 Å². The highest BCUT2D eigenvalue weighted by atomic mass is 79.9. The molecule has 1 atom stereocenters. The molecule has 0 aliphatic carbocycles. The molecule has 2 heteroatoms. The van der Waals surface area contributed by atoms with Crippen LogP contribution in [0.25, 0.3) is 0 Å². The Morgan fingerprint density at radius 1 is 1.20 bits per heavy atom. The summed E-state index contributed by atoms with van der Waals surface area (Å²) in [6.07, 6.45) is 2.37. The van der Waals surface area contributed by atoms with Gasteiger partial charge in [-0.1, -0.05) is 48.0 Å². The Hall–Kier alpha value is -0.340. The average molecular weight is 270 g/mol. The summed E-state index contributed by atoms with van der Waals surface area (Å²) in [6, 6.07) is 9.44. The molecule has 0 amide bonds. The van der Waals surface area contributed by atoms with E-state index in [1.807, 2.05) is 0 Å². The van der Waals surface area contributed by atoms with Crippen LogP contribution in [0.5, 0.6) is 0 Å². The molecule has 0 aliphatic heterocycles. The van der Waals surface area contributed by atoms with Crippen molar-refractivity contribution < 1.29 is 0 Å². The smallest absolute Gasteiger partial charge is 0.0305 e. The van der Waals surface area contributed by atoms with Crippen molar-refractivity contribution in [1.82, 2.24) is 5.32 Å². The first-order valence-electron chi connectivity index (χ1n) is 5.69. The van der Waals surface area contributed by atoms with Crippen molar-refractivity contribution in [3.8, 4) is 0 Å². The van der Waals surface area contributed by atoms with Crippen molar-refractivity contribution in [3.05, 3.63) is 34.3 Å². The third-order valence-corrected chi connectivity index (χ3v) is 3.57. The van der Waals surface area contributed by atoms with Gasteiger partial charge in [0.05, 0.1) is 0 Å². The van der Waals surface area contributed by atoms with Crippen LogP contribution in [0.15, 0.2) is 28.7 Å². The van der Waals surface area contributed by atoms with Crippen molar-refractivity contribution in [3.63, 3.8) is 0 Å². The van der Waals surface area contributed by atoms with E-state index < -0.39 is 0 Å². The van der Waals surface area contributed by atoms with E-state index in [0.717, 1.165) is 0 Å². The number of nitrogens with one attached hydrogen (secondary N) is 1. The Bertz CT molecular complexity index is 294. The number of hydrogen-bond acceptors (Lipinski definition) is 1. The van der Waals surface area contributed by atoms with Crippen LogP contribution in [0.2, 0.25) is 0 Å². The van der Waals surface area contributed by atoms with Crippen LogP contribution in [-0.4, -0.2) is 6.04 Å². The number of halogens is 1. The summed E-state index contributed by atoms with van der Waals surface area (Å²) in [6.45, 7) is 6.68. The minimum Gasteiger partial charge on any atom is -0.307 e. The highest BCUT2D eigenvalue weighted by Crippen LogP contribution is 2.23. The minimum absolute atomic E-state index is 0.408. The van der Waals surface area contributed by atoms with Crippen LogP contribution >= 0.6 is 15.9 Å². The van der Waals surface area contributed by atoms with Crippen LogP contribution in [0, 0.1) is 0 Å². The molecular weight excluding hydrogens is 250 g/mol. The van der Waals surface area contributed by atoms with Gasteiger partial charge < -0.3 is 5.32 Å². The molecular formula is C13H20BrN. The van der Waals surface area contributed by atoms with Crippen LogP contribution in [0.4, 0.5) is 0 Å². The Kier molecular flexibility index (Phi) is 5.34. The fraction of sp³-hybridized carbons (Fsp3) is 0.538. The van der Waals surface area contributed by atoms with Gasteiger partial charge in [-0.3, -0.25) is 0 Å². The van der Waals surface area contributed by atoms with E-state index >= 15 is 0 Å². The fourth-order valence-corrected chi connectivity index (χ4v) is 2.42. The summed E-state index contributed by atoms with van der Waals surface area (Å²) in [5.74, 6) is 0. The van der Waals surface area contributed by atoms with Crippen LogP contribution < -0.4 is 5.32 Å². The first-order chi connectivity index (χ1) is 7.19.